The number of allylic oxidation sites excluding steroid dienone is 2. The third-order valence-corrected chi connectivity index (χ3v) is 2.25. The van der Waals surface area contributed by atoms with Crippen molar-refractivity contribution in [2.24, 2.45) is 0 Å². The first-order valence-electron chi connectivity index (χ1n) is 3.98. The number of nitrogens with one attached hydrogen (secondary N) is 1. The van der Waals surface area contributed by atoms with Gasteiger partial charge in [0, 0.05) is 6.04 Å². The van der Waals surface area contributed by atoms with Gasteiger partial charge in [-0.3, -0.25) is 0 Å². The highest BCUT2D eigenvalue weighted by molar-refractivity contribution is 5.19. The first-order chi connectivity index (χ1) is 4.97. The molecule has 1 nitrogen and oxygen atoms in total. The van der Waals surface area contributed by atoms with Gasteiger partial charge in [0.15, 0.2) is 0 Å². The molecule has 53 valence electrons. The predicted octanol–water partition coefficient (Wildman–Crippen LogP) is 1.78. The number of rotatable bonds is 0. The minimum absolute atomic E-state index is 0.624. The number of hydrogen-bond donors (Lipinski definition) is 1. The van der Waals surface area contributed by atoms with Gasteiger partial charge < -0.3 is 5.32 Å². The first-order valence-corrected chi connectivity index (χ1v) is 3.98. The van der Waals surface area contributed by atoms with Crippen LogP contribution < -0.4 is 5.32 Å². The van der Waals surface area contributed by atoms with E-state index in [4.69, 9.17) is 0 Å². The van der Waals surface area contributed by atoms with E-state index in [9.17, 15) is 0 Å². The molecule has 1 atom stereocenters. The van der Waals surface area contributed by atoms with E-state index in [0.717, 1.165) is 6.42 Å². The van der Waals surface area contributed by atoms with E-state index < -0.39 is 0 Å². The van der Waals surface area contributed by atoms with E-state index in [1.54, 1.807) is 5.57 Å². The number of fused-ring (bicyclic) bond motifs is 1. The summed E-state index contributed by atoms with van der Waals surface area (Å²) in [5.41, 5.74) is 1.57. The van der Waals surface area contributed by atoms with Crippen LogP contribution in [0.25, 0.3) is 0 Å². The molecular formula is C9H12N. The average molecular weight is 134 g/mol. The summed E-state index contributed by atoms with van der Waals surface area (Å²) in [5.74, 6) is 0. The molecular weight excluding hydrogens is 122 g/mol. The molecule has 0 aromatic carbocycles. The van der Waals surface area contributed by atoms with E-state index in [-0.39, 0.29) is 0 Å². The van der Waals surface area contributed by atoms with E-state index in [0.29, 0.717) is 6.04 Å². The summed E-state index contributed by atoms with van der Waals surface area (Å²) in [5, 5.41) is 3.25. The van der Waals surface area contributed by atoms with Crippen LogP contribution in [-0.2, 0) is 0 Å². The third kappa shape index (κ3) is 0.962. The second kappa shape index (κ2) is 2.49. The van der Waals surface area contributed by atoms with Crippen LogP contribution in [-0.4, -0.2) is 6.04 Å². The van der Waals surface area contributed by atoms with Crippen molar-refractivity contribution in [3.8, 4) is 0 Å². The van der Waals surface area contributed by atoms with Crippen LogP contribution in [0.4, 0.5) is 0 Å². The highest BCUT2D eigenvalue weighted by Crippen LogP contribution is 2.23. The van der Waals surface area contributed by atoms with E-state index in [1.807, 2.05) is 0 Å². The lowest BCUT2D eigenvalue weighted by Gasteiger charge is -2.26. The lowest BCUT2D eigenvalue weighted by Crippen LogP contribution is -2.31. The minimum atomic E-state index is 0.624. The van der Waals surface area contributed by atoms with E-state index in [2.05, 4.69) is 23.7 Å². The molecule has 1 aliphatic carbocycles. The standard InChI is InChI=1S/C9H12N/c1-2-6-9-8(4-1)5-3-7-10-9/h3-4,9-10H,1-2,5-6H2. The summed E-state index contributed by atoms with van der Waals surface area (Å²) in [6, 6.07) is 0.624. The number of hydrogen-bond acceptors (Lipinski definition) is 1. The molecule has 0 bridgehead atoms. The van der Waals surface area contributed by atoms with Crippen molar-refractivity contribution >= 4 is 0 Å². The summed E-state index contributed by atoms with van der Waals surface area (Å²) < 4.78 is 0. The zero-order valence-corrected chi connectivity index (χ0v) is 6.06. The maximum Gasteiger partial charge on any atom is 0.0540 e. The van der Waals surface area contributed by atoms with Crippen LogP contribution in [0.15, 0.2) is 17.7 Å². The lowest BCUT2D eigenvalue weighted by atomic mass is 9.90. The summed E-state index contributed by atoms with van der Waals surface area (Å²) in [6.07, 6.45) is 12.6. The predicted molar refractivity (Wildman–Crippen MR) is 41.3 cm³/mol. The Kier molecular flexibility index (Phi) is 1.50. The zero-order valence-electron chi connectivity index (χ0n) is 6.06. The molecule has 1 heteroatoms. The Bertz CT molecular complexity index is 179. The van der Waals surface area contributed by atoms with Gasteiger partial charge in [0.1, 0.15) is 0 Å². The molecule has 0 spiro atoms. The average Bonchev–Trinajstić information content (AvgIpc) is 2.05. The molecule has 1 unspecified atom stereocenters. The van der Waals surface area contributed by atoms with Crippen molar-refractivity contribution in [1.82, 2.24) is 5.32 Å². The largest absolute Gasteiger partial charge is 0.377 e. The van der Waals surface area contributed by atoms with Crippen molar-refractivity contribution in [3.63, 3.8) is 0 Å². The molecule has 0 amide bonds. The van der Waals surface area contributed by atoms with Crippen LogP contribution in [0, 0.1) is 6.20 Å². The highest BCUT2D eigenvalue weighted by Gasteiger charge is 2.16. The maximum atomic E-state index is 3.25. The zero-order chi connectivity index (χ0) is 6.81. The normalized spacial score (nSPS) is 30.4. The second-order valence-electron chi connectivity index (χ2n) is 2.96. The van der Waals surface area contributed by atoms with Crippen LogP contribution in [0.5, 0.6) is 0 Å². The second-order valence-corrected chi connectivity index (χ2v) is 2.96. The molecule has 10 heavy (non-hydrogen) atoms. The molecule has 1 heterocycles. The fraction of sp³-hybridized carbons (Fsp3) is 0.556. The lowest BCUT2D eigenvalue weighted by molar-refractivity contribution is 0.529. The molecule has 0 aromatic heterocycles. The molecule has 0 aromatic rings. The van der Waals surface area contributed by atoms with Gasteiger partial charge in [0.05, 0.1) is 6.20 Å². The summed E-state index contributed by atoms with van der Waals surface area (Å²) in [6.45, 7) is 0. The van der Waals surface area contributed by atoms with Crippen molar-refractivity contribution in [2.45, 2.75) is 31.7 Å². The Morgan fingerprint density at radius 3 is 3.50 bits per heavy atom. The third-order valence-electron chi connectivity index (χ3n) is 2.25. The Morgan fingerprint density at radius 1 is 1.60 bits per heavy atom. The van der Waals surface area contributed by atoms with Gasteiger partial charge in [-0.1, -0.05) is 12.2 Å². The molecule has 2 aliphatic rings. The van der Waals surface area contributed by atoms with Gasteiger partial charge in [-0.05, 0) is 31.3 Å². The van der Waals surface area contributed by atoms with E-state index in [1.165, 1.54) is 19.3 Å². The Hall–Kier alpha value is -0.720. The van der Waals surface area contributed by atoms with Gasteiger partial charge in [-0.25, -0.2) is 0 Å². The van der Waals surface area contributed by atoms with Gasteiger partial charge in [-0.2, -0.15) is 0 Å². The van der Waals surface area contributed by atoms with Gasteiger partial charge in [0.2, 0.25) is 0 Å². The highest BCUT2D eigenvalue weighted by atomic mass is 14.9. The fourth-order valence-corrected chi connectivity index (χ4v) is 1.66. The SMILES string of the molecule is [C]1=CCC2=CCCCC2N1. The van der Waals surface area contributed by atoms with E-state index >= 15 is 0 Å². The topological polar surface area (TPSA) is 12.0 Å². The smallest absolute Gasteiger partial charge is 0.0540 e. The molecule has 2 rings (SSSR count). The van der Waals surface area contributed by atoms with Crippen LogP contribution in [0.2, 0.25) is 0 Å². The van der Waals surface area contributed by atoms with Gasteiger partial charge >= 0.3 is 0 Å². The molecule has 0 saturated heterocycles. The summed E-state index contributed by atoms with van der Waals surface area (Å²) in [7, 11) is 0. The molecule has 0 fully saturated rings. The van der Waals surface area contributed by atoms with Crippen molar-refractivity contribution < 1.29 is 0 Å². The van der Waals surface area contributed by atoms with Crippen LogP contribution in [0.3, 0.4) is 0 Å². The first kappa shape index (κ1) is 6.02. The minimum Gasteiger partial charge on any atom is -0.377 e. The van der Waals surface area contributed by atoms with Gasteiger partial charge in [0.25, 0.3) is 0 Å². The van der Waals surface area contributed by atoms with Crippen LogP contribution in [0.1, 0.15) is 25.7 Å². The summed E-state index contributed by atoms with van der Waals surface area (Å²) >= 11 is 0. The van der Waals surface area contributed by atoms with Crippen molar-refractivity contribution in [2.75, 3.05) is 0 Å². The Labute approximate surface area is 61.8 Å². The monoisotopic (exact) mass is 134 g/mol. The molecule has 0 saturated carbocycles. The quantitative estimate of drug-likeness (QED) is 0.498. The maximum absolute atomic E-state index is 3.25. The Balaban J connectivity index is 2.17. The Morgan fingerprint density at radius 2 is 2.60 bits per heavy atom. The summed E-state index contributed by atoms with van der Waals surface area (Å²) in [4.78, 5) is 0. The van der Waals surface area contributed by atoms with Gasteiger partial charge in [-0.15, -0.1) is 0 Å². The fourth-order valence-electron chi connectivity index (χ4n) is 1.66. The molecule has 1 N–H and O–H groups in total. The molecule has 1 aliphatic heterocycles. The van der Waals surface area contributed by atoms with Crippen molar-refractivity contribution in [1.29, 1.82) is 0 Å². The van der Waals surface area contributed by atoms with Crippen molar-refractivity contribution in [3.05, 3.63) is 23.9 Å². The van der Waals surface area contributed by atoms with Crippen LogP contribution >= 0.6 is 0 Å². The molecule has 1 radical (unpaired) electrons.